The molecule has 2 amide bonds. The second-order valence-corrected chi connectivity index (χ2v) is 8.26. The van der Waals surface area contributed by atoms with Crippen molar-refractivity contribution < 1.29 is 14.0 Å². The number of fused-ring (bicyclic) bond motifs is 1. The van der Waals surface area contributed by atoms with Gasteiger partial charge in [0.15, 0.2) is 0 Å². The summed E-state index contributed by atoms with van der Waals surface area (Å²) in [6, 6.07) is 18.6. The summed E-state index contributed by atoms with van der Waals surface area (Å²) in [5.74, 6) is 0.165. The lowest BCUT2D eigenvalue weighted by atomic mass is 10.1. The predicted molar refractivity (Wildman–Crippen MR) is 134 cm³/mol. The average molecular weight is 457 g/mol. The Labute approximate surface area is 198 Å². The van der Waals surface area contributed by atoms with Crippen molar-refractivity contribution in [2.75, 3.05) is 26.0 Å². The minimum atomic E-state index is -0.265. The predicted octanol–water partition coefficient (Wildman–Crippen LogP) is 4.38. The van der Waals surface area contributed by atoms with E-state index in [-0.39, 0.29) is 11.8 Å². The molecule has 0 aliphatic rings. The molecule has 0 saturated carbocycles. The Hall–Kier alpha value is -4.10. The van der Waals surface area contributed by atoms with E-state index in [1.807, 2.05) is 18.2 Å². The van der Waals surface area contributed by atoms with Crippen LogP contribution in [0, 0.1) is 0 Å². The number of hydrogen-bond donors (Lipinski definition) is 2. The number of furan rings is 1. The van der Waals surface area contributed by atoms with Gasteiger partial charge in [0.25, 0.3) is 5.91 Å². The lowest BCUT2D eigenvalue weighted by Crippen LogP contribution is -2.22. The Bertz CT molecular complexity index is 1300. The average Bonchev–Trinajstić information content (AvgIpc) is 3.48. The number of anilines is 1. The number of amides is 2. The number of likely N-dealkylation sites (N-methyl/N-ethyl adjacent to an activating group) is 1. The first-order chi connectivity index (χ1) is 16.5. The van der Waals surface area contributed by atoms with Crippen LogP contribution in [0.3, 0.4) is 0 Å². The van der Waals surface area contributed by atoms with Gasteiger partial charge in [-0.15, -0.1) is 0 Å². The molecule has 0 bridgehead atoms. The fraction of sp³-hybridized carbons (Fsp3) is 0.185. The molecule has 0 aliphatic heterocycles. The molecule has 2 aromatic carbocycles. The van der Waals surface area contributed by atoms with Gasteiger partial charge in [-0.3, -0.25) is 9.59 Å². The third-order valence-electron chi connectivity index (χ3n) is 5.42. The van der Waals surface area contributed by atoms with E-state index in [1.54, 1.807) is 42.7 Å². The largest absolute Gasteiger partial charge is 0.467 e. The number of nitrogens with zero attached hydrogens (tertiary/aromatic N) is 2. The van der Waals surface area contributed by atoms with E-state index in [4.69, 9.17) is 4.42 Å². The van der Waals surface area contributed by atoms with Gasteiger partial charge in [0.05, 0.1) is 12.8 Å². The van der Waals surface area contributed by atoms with Crippen LogP contribution in [0.15, 0.2) is 83.6 Å². The highest BCUT2D eigenvalue weighted by Gasteiger charge is 2.09. The summed E-state index contributed by atoms with van der Waals surface area (Å²) in [6.45, 7) is 2.09. The van der Waals surface area contributed by atoms with Crippen molar-refractivity contribution in [2.24, 2.45) is 0 Å². The molecule has 0 saturated heterocycles. The quantitative estimate of drug-likeness (QED) is 0.367. The molecule has 0 fully saturated rings. The van der Waals surface area contributed by atoms with E-state index < -0.39 is 0 Å². The highest BCUT2D eigenvalue weighted by atomic mass is 16.3. The van der Waals surface area contributed by atoms with E-state index in [1.165, 1.54) is 6.08 Å². The Kier molecular flexibility index (Phi) is 7.25. The Morgan fingerprint density at radius 2 is 1.91 bits per heavy atom. The second-order valence-electron chi connectivity index (χ2n) is 8.26. The van der Waals surface area contributed by atoms with Gasteiger partial charge in [-0.05, 0) is 56.6 Å². The van der Waals surface area contributed by atoms with Crippen molar-refractivity contribution >= 4 is 34.5 Å². The Morgan fingerprint density at radius 3 is 2.71 bits per heavy atom. The van der Waals surface area contributed by atoms with E-state index >= 15 is 0 Å². The van der Waals surface area contributed by atoms with E-state index in [0.717, 1.165) is 29.6 Å². The maximum atomic E-state index is 12.6. The molecular weight excluding hydrogens is 428 g/mol. The molecule has 7 nitrogen and oxygen atoms in total. The van der Waals surface area contributed by atoms with Crippen molar-refractivity contribution in [3.05, 3.63) is 96.1 Å². The third kappa shape index (κ3) is 5.82. The highest BCUT2D eigenvalue weighted by Crippen LogP contribution is 2.22. The summed E-state index contributed by atoms with van der Waals surface area (Å²) in [4.78, 5) is 27.1. The zero-order valence-corrected chi connectivity index (χ0v) is 19.3. The van der Waals surface area contributed by atoms with Gasteiger partial charge in [-0.25, -0.2) is 0 Å². The molecule has 0 atom stereocenters. The van der Waals surface area contributed by atoms with Gasteiger partial charge in [0.2, 0.25) is 5.91 Å². The van der Waals surface area contributed by atoms with Crippen molar-refractivity contribution in [1.29, 1.82) is 0 Å². The Balaban J connectivity index is 1.42. The first-order valence-corrected chi connectivity index (χ1v) is 11.1. The van der Waals surface area contributed by atoms with Gasteiger partial charge >= 0.3 is 0 Å². The standard InChI is InChI=1S/C27H28N4O3/c1-30(2)14-15-31-19-21(24-10-3-4-11-25(24)31)12-13-26(32)29-22-8-5-7-20(17-22)27(33)28-18-23-9-6-16-34-23/h3-13,16-17,19H,14-15,18H2,1-2H3,(H,28,33)(H,29,32). The summed E-state index contributed by atoms with van der Waals surface area (Å²) in [7, 11) is 4.10. The molecule has 2 aromatic heterocycles. The van der Waals surface area contributed by atoms with Gasteiger partial charge in [-0.2, -0.15) is 0 Å². The smallest absolute Gasteiger partial charge is 0.251 e. The molecule has 0 unspecified atom stereocenters. The van der Waals surface area contributed by atoms with Gasteiger partial charge in [0, 0.05) is 53.1 Å². The van der Waals surface area contributed by atoms with Crippen LogP contribution in [0.4, 0.5) is 5.69 Å². The monoisotopic (exact) mass is 456 g/mol. The molecular formula is C27H28N4O3. The van der Waals surface area contributed by atoms with Crippen molar-refractivity contribution in [3.8, 4) is 0 Å². The molecule has 34 heavy (non-hydrogen) atoms. The number of nitrogens with one attached hydrogen (secondary N) is 2. The van der Waals surface area contributed by atoms with E-state index in [0.29, 0.717) is 23.6 Å². The lowest BCUT2D eigenvalue weighted by molar-refractivity contribution is -0.111. The van der Waals surface area contributed by atoms with Crippen molar-refractivity contribution in [3.63, 3.8) is 0 Å². The van der Waals surface area contributed by atoms with Gasteiger partial charge < -0.3 is 24.5 Å². The van der Waals surface area contributed by atoms with Crippen LogP contribution in [-0.2, 0) is 17.9 Å². The van der Waals surface area contributed by atoms with Crippen LogP contribution in [0.25, 0.3) is 17.0 Å². The fourth-order valence-corrected chi connectivity index (χ4v) is 3.67. The summed E-state index contributed by atoms with van der Waals surface area (Å²) < 4.78 is 7.43. The first kappa shape index (κ1) is 23.1. The van der Waals surface area contributed by atoms with Gasteiger partial charge in [-0.1, -0.05) is 24.3 Å². The molecule has 0 aliphatic carbocycles. The fourth-order valence-electron chi connectivity index (χ4n) is 3.67. The number of benzene rings is 2. The summed E-state index contributed by atoms with van der Waals surface area (Å²) in [6.07, 6.45) is 6.97. The van der Waals surface area contributed by atoms with Crippen LogP contribution >= 0.6 is 0 Å². The molecule has 0 radical (unpaired) electrons. The molecule has 174 valence electrons. The molecule has 7 heteroatoms. The molecule has 2 N–H and O–H groups in total. The number of para-hydroxylation sites is 1. The number of aromatic nitrogens is 1. The van der Waals surface area contributed by atoms with Crippen LogP contribution in [-0.4, -0.2) is 41.9 Å². The summed E-state index contributed by atoms with van der Waals surface area (Å²) >= 11 is 0. The number of rotatable bonds is 9. The van der Waals surface area contributed by atoms with E-state index in [9.17, 15) is 9.59 Å². The molecule has 4 aromatic rings. The minimum Gasteiger partial charge on any atom is -0.467 e. The van der Waals surface area contributed by atoms with Crippen LogP contribution < -0.4 is 10.6 Å². The lowest BCUT2D eigenvalue weighted by Gasteiger charge is -2.10. The topological polar surface area (TPSA) is 79.5 Å². The SMILES string of the molecule is CN(C)CCn1cc(C=CC(=O)Nc2cccc(C(=O)NCc3ccco3)c2)c2ccccc21. The summed E-state index contributed by atoms with van der Waals surface area (Å²) in [5, 5.41) is 6.73. The molecule has 4 rings (SSSR count). The summed E-state index contributed by atoms with van der Waals surface area (Å²) in [5.41, 5.74) is 3.12. The maximum Gasteiger partial charge on any atom is 0.251 e. The third-order valence-corrected chi connectivity index (χ3v) is 5.42. The van der Waals surface area contributed by atoms with Crippen LogP contribution in [0.5, 0.6) is 0 Å². The number of carbonyl (C=O) groups is 2. The number of hydrogen-bond acceptors (Lipinski definition) is 4. The van der Waals surface area contributed by atoms with Crippen molar-refractivity contribution in [1.82, 2.24) is 14.8 Å². The van der Waals surface area contributed by atoms with Crippen LogP contribution in [0.2, 0.25) is 0 Å². The minimum absolute atomic E-state index is 0.242. The molecule has 2 heterocycles. The van der Waals surface area contributed by atoms with Crippen LogP contribution in [0.1, 0.15) is 21.7 Å². The maximum absolute atomic E-state index is 12.6. The first-order valence-electron chi connectivity index (χ1n) is 11.1. The highest BCUT2D eigenvalue weighted by molar-refractivity contribution is 6.04. The van der Waals surface area contributed by atoms with Crippen molar-refractivity contribution in [2.45, 2.75) is 13.1 Å². The normalized spacial score (nSPS) is 11.4. The Morgan fingerprint density at radius 1 is 1.06 bits per heavy atom. The zero-order valence-electron chi connectivity index (χ0n) is 19.3. The van der Waals surface area contributed by atoms with E-state index in [2.05, 4.69) is 52.5 Å². The molecule has 0 spiro atoms. The second kappa shape index (κ2) is 10.7. The van der Waals surface area contributed by atoms with Gasteiger partial charge in [0.1, 0.15) is 5.76 Å². The zero-order chi connectivity index (χ0) is 23.9. The number of carbonyl (C=O) groups excluding carboxylic acids is 2.